The topological polar surface area (TPSA) is 185 Å². The summed E-state index contributed by atoms with van der Waals surface area (Å²) in [6.07, 6.45) is 19.4. The van der Waals surface area contributed by atoms with Gasteiger partial charge in [0.05, 0.1) is 43.6 Å². The van der Waals surface area contributed by atoms with Crippen molar-refractivity contribution in [2.45, 2.75) is 106 Å². The van der Waals surface area contributed by atoms with Gasteiger partial charge in [0.25, 0.3) is 0 Å². The molecule has 0 saturated heterocycles. The van der Waals surface area contributed by atoms with Crippen LogP contribution in [0.4, 0.5) is 0 Å². The molecule has 3 unspecified atom stereocenters. The maximum atomic E-state index is 12.7. The molecular weight excluding hydrogens is 933 g/mol. The molecule has 0 amide bonds. The van der Waals surface area contributed by atoms with Gasteiger partial charge in [0.15, 0.2) is 0 Å². The van der Waals surface area contributed by atoms with Gasteiger partial charge in [-0.1, -0.05) is 78.0 Å². The number of allylic oxidation sites excluding steroid dienone is 6. The number of hydrogen-bond donors (Lipinski definition) is 1. The van der Waals surface area contributed by atoms with Crippen LogP contribution in [0.5, 0.6) is 0 Å². The normalized spacial score (nSPS) is 13.0. The van der Waals surface area contributed by atoms with Gasteiger partial charge in [-0.25, -0.2) is 0 Å². The summed E-state index contributed by atoms with van der Waals surface area (Å²) in [6.45, 7) is 13.5. The number of aliphatic hydroxyl groups excluding tert-OH is 1. The highest BCUT2D eigenvalue weighted by molar-refractivity contribution is 7.99. The van der Waals surface area contributed by atoms with Gasteiger partial charge in [0.2, 0.25) is 0 Å². The second kappa shape index (κ2) is 46.4. The van der Waals surface area contributed by atoms with Gasteiger partial charge in [-0.15, -0.1) is 0 Å². The molecule has 0 aromatic carbocycles. The van der Waals surface area contributed by atoms with Crippen molar-refractivity contribution in [3.63, 3.8) is 0 Å². The van der Waals surface area contributed by atoms with E-state index in [9.17, 15) is 33.9 Å². The van der Waals surface area contributed by atoms with Crippen molar-refractivity contribution in [3.05, 3.63) is 36.5 Å². The third-order valence-electron chi connectivity index (χ3n) is 9.84. The predicted octanol–water partition coefficient (Wildman–Crippen LogP) is 7.58. The molecule has 1 N–H and O–H groups in total. The molecule has 0 aliphatic rings. The summed E-state index contributed by atoms with van der Waals surface area (Å²) in [5.74, 6) is 1.51. The highest BCUT2D eigenvalue weighted by Crippen LogP contribution is 2.14. The summed E-state index contributed by atoms with van der Waals surface area (Å²) >= 11 is 5.08. The fourth-order valence-electron chi connectivity index (χ4n) is 5.91. The average Bonchev–Trinajstić information content (AvgIpc) is 3.33. The highest BCUT2D eigenvalue weighted by atomic mass is 32.2. The van der Waals surface area contributed by atoms with Gasteiger partial charge in [0, 0.05) is 43.4 Å². The third kappa shape index (κ3) is 39.8. The fraction of sp³-hybridized carbons (Fsp3) is 0.760. The maximum Gasteiger partial charge on any atom is 0.309 e. The Labute approximate surface area is 421 Å². The quantitative estimate of drug-likeness (QED) is 0.0272. The predicted molar refractivity (Wildman–Crippen MR) is 276 cm³/mol. The van der Waals surface area contributed by atoms with Gasteiger partial charge in [0.1, 0.15) is 39.6 Å². The zero-order chi connectivity index (χ0) is 50.5. The average molecular weight is 1020 g/mol. The molecule has 392 valence electrons. The molecule has 3 atom stereocenters. The molecule has 0 aromatic rings. The number of carbonyl (C=O) groups excluding carboxylic acids is 6. The molecule has 0 fully saturated rings. The summed E-state index contributed by atoms with van der Waals surface area (Å²) in [4.78, 5) is 78.9. The highest BCUT2D eigenvalue weighted by Gasteiger charge is 2.19. The van der Waals surface area contributed by atoms with Crippen molar-refractivity contribution in [2.75, 3.05) is 120 Å². The van der Waals surface area contributed by atoms with E-state index in [0.717, 1.165) is 55.8 Å². The number of rotatable bonds is 45. The number of carbonyl (C=O) groups is 6. The van der Waals surface area contributed by atoms with Crippen molar-refractivity contribution in [2.24, 2.45) is 17.8 Å². The van der Waals surface area contributed by atoms with Crippen LogP contribution >= 0.6 is 35.3 Å². The molecule has 0 saturated carbocycles. The van der Waals surface area contributed by atoms with Gasteiger partial charge < -0.3 is 43.3 Å². The van der Waals surface area contributed by atoms with Crippen LogP contribution in [0.15, 0.2) is 36.5 Å². The third-order valence-corrected chi connectivity index (χ3v) is 13.6. The minimum atomic E-state index is -0.477. The Hall–Kier alpha value is -3.03. The monoisotopic (exact) mass is 1020 g/mol. The van der Waals surface area contributed by atoms with Gasteiger partial charge in [-0.3, -0.25) is 28.8 Å². The van der Waals surface area contributed by atoms with Gasteiger partial charge in [-0.2, -0.15) is 35.3 Å². The van der Waals surface area contributed by atoms with Crippen molar-refractivity contribution >= 4 is 71.1 Å². The Morgan fingerprint density at radius 3 is 1.03 bits per heavy atom. The Kier molecular flexibility index (Phi) is 44.3. The molecular formula is C50H86N2O13S3. The fourth-order valence-corrected chi connectivity index (χ4v) is 8.78. The van der Waals surface area contributed by atoms with Crippen LogP contribution < -0.4 is 0 Å². The smallest absolute Gasteiger partial charge is 0.309 e. The first kappa shape index (κ1) is 65.0. The van der Waals surface area contributed by atoms with E-state index in [1.807, 2.05) is 30.6 Å². The van der Waals surface area contributed by atoms with Crippen molar-refractivity contribution in [1.29, 1.82) is 0 Å². The minimum absolute atomic E-state index is 0.0240. The summed E-state index contributed by atoms with van der Waals surface area (Å²) in [6, 6.07) is 0. The molecule has 0 heterocycles. The summed E-state index contributed by atoms with van der Waals surface area (Å²) < 4.78 is 31.9. The maximum absolute atomic E-state index is 12.7. The molecule has 0 bridgehead atoms. The lowest BCUT2D eigenvalue weighted by Crippen LogP contribution is -2.35. The molecule has 15 nitrogen and oxygen atoms in total. The Morgan fingerprint density at radius 1 is 0.441 bits per heavy atom. The molecule has 18 heteroatoms. The number of ether oxygens (including phenoxy) is 6. The lowest BCUT2D eigenvalue weighted by Gasteiger charge is -2.25. The summed E-state index contributed by atoms with van der Waals surface area (Å²) in [7, 11) is 0. The van der Waals surface area contributed by atoms with Crippen LogP contribution in [0.1, 0.15) is 106 Å². The molecule has 0 aliphatic carbocycles. The van der Waals surface area contributed by atoms with E-state index in [4.69, 9.17) is 28.4 Å². The minimum Gasteiger partial charge on any atom is -0.462 e. The Bertz CT molecular complexity index is 1370. The van der Waals surface area contributed by atoms with Crippen LogP contribution in [0.25, 0.3) is 0 Å². The number of esters is 6. The number of nitrogens with zero attached hydrogens (tertiary/aromatic N) is 2. The first-order valence-corrected chi connectivity index (χ1v) is 28.0. The Balaban J connectivity index is 4.97. The van der Waals surface area contributed by atoms with E-state index in [0.29, 0.717) is 49.9 Å². The molecule has 68 heavy (non-hydrogen) atoms. The Morgan fingerprint density at radius 2 is 0.735 bits per heavy atom. The molecule has 0 aliphatic heterocycles. The van der Waals surface area contributed by atoms with Crippen LogP contribution in [0.3, 0.4) is 0 Å². The molecule has 0 spiro atoms. The SMILES string of the molecule is CC/C=C/CCSCC(C)C(=O)OCCOC(=O)CCN(CCO)CCCN(CCC(=O)OCCOC(=O)C(C)CSCC/C=C/CC)CCC(=O)OCCOC(=O)C(C)CSCC/C=C/CC. The van der Waals surface area contributed by atoms with E-state index in [-0.39, 0.29) is 114 Å². The van der Waals surface area contributed by atoms with E-state index < -0.39 is 17.9 Å². The van der Waals surface area contributed by atoms with Crippen molar-refractivity contribution in [3.8, 4) is 0 Å². The molecule has 0 rings (SSSR count). The van der Waals surface area contributed by atoms with E-state index in [2.05, 4.69) is 57.2 Å². The second-order valence-corrected chi connectivity index (χ2v) is 19.6. The standard InChI is InChI=1S/C50H86N2O13S3/c1-7-10-13-16-36-66-39-42(4)48(57)63-33-30-60-45(54)20-25-51(26-21-46(55)61-31-34-64-49(58)43(5)40-67-37-17-14-11-8-2)23-19-24-52(28-29-53)27-22-47(56)62-32-35-65-50(59)44(6)41-68-38-18-15-12-9-3/h10-15,42-44,53H,7-9,16-41H2,1-6H3/b13-10+,14-11+,15-12+. The number of thioether (sulfide) groups is 3. The van der Waals surface area contributed by atoms with Crippen LogP contribution in [0.2, 0.25) is 0 Å². The van der Waals surface area contributed by atoms with E-state index in [1.165, 1.54) is 0 Å². The van der Waals surface area contributed by atoms with Crippen molar-refractivity contribution in [1.82, 2.24) is 9.80 Å². The van der Waals surface area contributed by atoms with Crippen LogP contribution in [-0.2, 0) is 57.2 Å². The second-order valence-electron chi connectivity index (χ2n) is 16.1. The molecule has 0 radical (unpaired) electrons. The first-order chi connectivity index (χ1) is 32.9. The zero-order valence-electron chi connectivity index (χ0n) is 42.2. The van der Waals surface area contributed by atoms with Crippen molar-refractivity contribution < 1.29 is 62.3 Å². The largest absolute Gasteiger partial charge is 0.462 e. The molecule has 0 aromatic heterocycles. The summed E-state index contributed by atoms with van der Waals surface area (Å²) in [5.41, 5.74) is 0. The lowest BCUT2D eigenvalue weighted by molar-refractivity contribution is -0.154. The van der Waals surface area contributed by atoms with Crippen LogP contribution in [0, 0.1) is 17.8 Å². The van der Waals surface area contributed by atoms with Gasteiger partial charge in [-0.05, 0) is 75.3 Å². The lowest BCUT2D eigenvalue weighted by atomic mass is 10.2. The number of hydrogen-bond acceptors (Lipinski definition) is 18. The summed E-state index contributed by atoms with van der Waals surface area (Å²) in [5, 5.41) is 9.72. The first-order valence-electron chi connectivity index (χ1n) is 24.6. The van der Waals surface area contributed by atoms with Crippen LogP contribution in [-0.4, -0.2) is 171 Å². The van der Waals surface area contributed by atoms with E-state index in [1.54, 1.807) is 35.3 Å². The number of aliphatic hydroxyl groups is 1. The van der Waals surface area contributed by atoms with E-state index >= 15 is 0 Å². The zero-order valence-corrected chi connectivity index (χ0v) is 44.6. The van der Waals surface area contributed by atoms with Gasteiger partial charge >= 0.3 is 35.8 Å².